The quantitative estimate of drug-likeness (QED) is 0.628. The van der Waals surface area contributed by atoms with E-state index in [0.717, 1.165) is 12.8 Å². The summed E-state index contributed by atoms with van der Waals surface area (Å²) in [5.74, 6) is -1.17. The van der Waals surface area contributed by atoms with E-state index in [0.29, 0.717) is 19.1 Å². The van der Waals surface area contributed by atoms with Crippen LogP contribution in [0.2, 0.25) is 0 Å². The molecule has 2 fully saturated rings. The number of carbonyl (C=O) groups is 2. The van der Waals surface area contributed by atoms with Crippen molar-refractivity contribution in [1.29, 1.82) is 0 Å². The molecule has 5 nitrogen and oxygen atoms in total. The molecule has 2 rings (SSSR count). The van der Waals surface area contributed by atoms with Crippen molar-refractivity contribution in [2.45, 2.75) is 18.9 Å². The molecule has 1 aliphatic carbocycles. The Morgan fingerprint density at radius 1 is 1.31 bits per heavy atom. The molecule has 5 heteroatoms. The van der Waals surface area contributed by atoms with Gasteiger partial charge in [-0.15, -0.1) is 0 Å². The Bertz CT molecular complexity index is 244. The minimum atomic E-state index is -0.810. The zero-order valence-corrected chi connectivity index (χ0v) is 7.19. The van der Waals surface area contributed by atoms with Gasteiger partial charge in [0, 0.05) is 19.1 Å². The number of carbonyl (C=O) groups excluding carboxylic acids is 1. The molecule has 1 saturated heterocycles. The molecular formula is C8H12N2O3. The first-order valence-corrected chi connectivity index (χ1v) is 4.45. The standard InChI is InChI=1S/C8H12N2O3/c11-7(12)5-3-10(4-5)8(13)9-6-1-2-6/h5-6H,1-4H2,(H,9,13)(H,11,12). The van der Waals surface area contributed by atoms with Crippen molar-refractivity contribution in [2.24, 2.45) is 5.92 Å². The average molecular weight is 184 g/mol. The number of carboxylic acids is 1. The topological polar surface area (TPSA) is 69.6 Å². The number of nitrogens with zero attached hydrogens (tertiary/aromatic N) is 1. The van der Waals surface area contributed by atoms with Crippen LogP contribution < -0.4 is 5.32 Å². The minimum absolute atomic E-state index is 0.111. The number of amides is 2. The molecule has 1 aliphatic heterocycles. The average Bonchev–Trinajstić information content (AvgIpc) is 2.66. The van der Waals surface area contributed by atoms with Crippen molar-refractivity contribution < 1.29 is 14.7 Å². The van der Waals surface area contributed by atoms with Crippen LogP contribution in [-0.4, -0.2) is 41.1 Å². The molecule has 2 aliphatic rings. The third-order valence-electron chi connectivity index (χ3n) is 2.42. The van der Waals surface area contributed by atoms with E-state index in [-0.39, 0.29) is 11.9 Å². The van der Waals surface area contributed by atoms with Gasteiger partial charge < -0.3 is 15.3 Å². The molecule has 1 saturated carbocycles. The Morgan fingerprint density at radius 3 is 2.38 bits per heavy atom. The number of aliphatic carboxylic acids is 1. The van der Waals surface area contributed by atoms with Crippen LogP contribution in [0.1, 0.15) is 12.8 Å². The number of urea groups is 1. The summed E-state index contributed by atoms with van der Waals surface area (Å²) in [5.41, 5.74) is 0. The van der Waals surface area contributed by atoms with Crippen molar-refractivity contribution >= 4 is 12.0 Å². The van der Waals surface area contributed by atoms with Gasteiger partial charge in [0.05, 0.1) is 5.92 Å². The lowest BCUT2D eigenvalue weighted by Crippen LogP contribution is -2.56. The SMILES string of the molecule is O=C(O)C1CN(C(=O)NC2CC2)C1. The van der Waals surface area contributed by atoms with Crippen LogP contribution in [0.25, 0.3) is 0 Å². The number of hydrogen-bond acceptors (Lipinski definition) is 2. The molecule has 0 aromatic heterocycles. The van der Waals surface area contributed by atoms with Crippen LogP contribution in [0, 0.1) is 5.92 Å². The first-order chi connectivity index (χ1) is 6.16. The molecule has 0 radical (unpaired) electrons. The van der Waals surface area contributed by atoms with Crippen molar-refractivity contribution in [3.8, 4) is 0 Å². The first-order valence-electron chi connectivity index (χ1n) is 4.45. The Hall–Kier alpha value is -1.26. The second-order valence-corrected chi connectivity index (χ2v) is 3.66. The molecule has 0 spiro atoms. The first kappa shape index (κ1) is 8.34. The summed E-state index contributed by atoms with van der Waals surface area (Å²) in [6.07, 6.45) is 2.11. The second kappa shape index (κ2) is 2.90. The maximum atomic E-state index is 11.3. The highest BCUT2D eigenvalue weighted by Gasteiger charge is 2.37. The molecule has 0 aromatic rings. The number of hydrogen-bond donors (Lipinski definition) is 2. The minimum Gasteiger partial charge on any atom is -0.481 e. The maximum Gasteiger partial charge on any atom is 0.317 e. The lowest BCUT2D eigenvalue weighted by molar-refractivity contribution is -0.146. The second-order valence-electron chi connectivity index (χ2n) is 3.66. The van der Waals surface area contributed by atoms with E-state index >= 15 is 0 Å². The van der Waals surface area contributed by atoms with Gasteiger partial charge in [-0.1, -0.05) is 0 Å². The van der Waals surface area contributed by atoms with Gasteiger partial charge in [0.1, 0.15) is 0 Å². The summed E-state index contributed by atoms with van der Waals surface area (Å²) < 4.78 is 0. The monoisotopic (exact) mass is 184 g/mol. The number of carboxylic acid groups (broad SMARTS) is 1. The maximum absolute atomic E-state index is 11.3. The van der Waals surface area contributed by atoms with Crippen LogP contribution in [0.5, 0.6) is 0 Å². The molecule has 0 aromatic carbocycles. The molecule has 0 unspecified atom stereocenters. The Labute approximate surface area is 75.7 Å². The van der Waals surface area contributed by atoms with E-state index < -0.39 is 5.97 Å². The molecule has 2 amide bonds. The molecule has 2 N–H and O–H groups in total. The molecule has 0 atom stereocenters. The summed E-state index contributed by atoms with van der Waals surface area (Å²) in [5, 5.41) is 11.4. The fraction of sp³-hybridized carbons (Fsp3) is 0.750. The Kier molecular flexibility index (Phi) is 1.86. The fourth-order valence-corrected chi connectivity index (χ4v) is 1.29. The molecular weight excluding hydrogens is 172 g/mol. The predicted octanol–water partition coefficient (Wildman–Crippen LogP) is -0.125. The number of likely N-dealkylation sites (tertiary alicyclic amines) is 1. The third kappa shape index (κ3) is 1.74. The number of rotatable bonds is 2. The predicted molar refractivity (Wildman–Crippen MR) is 44.3 cm³/mol. The van der Waals surface area contributed by atoms with Gasteiger partial charge in [0.25, 0.3) is 0 Å². The van der Waals surface area contributed by atoms with Gasteiger partial charge in [-0.25, -0.2) is 4.79 Å². The largest absolute Gasteiger partial charge is 0.481 e. The summed E-state index contributed by atoms with van der Waals surface area (Å²) in [6.45, 7) is 0.710. The fourth-order valence-electron chi connectivity index (χ4n) is 1.29. The summed E-state index contributed by atoms with van der Waals surface area (Å²) in [7, 11) is 0. The van der Waals surface area contributed by atoms with Crippen LogP contribution in [0.15, 0.2) is 0 Å². The third-order valence-corrected chi connectivity index (χ3v) is 2.42. The smallest absolute Gasteiger partial charge is 0.317 e. The van der Waals surface area contributed by atoms with Crippen LogP contribution in [0.3, 0.4) is 0 Å². The zero-order chi connectivity index (χ0) is 9.42. The van der Waals surface area contributed by atoms with Crippen molar-refractivity contribution in [3.63, 3.8) is 0 Å². The van der Waals surface area contributed by atoms with E-state index in [1.807, 2.05) is 0 Å². The van der Waals surface area contributed by atoms with Crippen molar-refractivity contribution in [3.05, 3.63) is 0 Å². The van der Waals surface area contributed by atoms with Crippen LogP contribution in [-0.2, 0) is 4.79 Å². The molecule has 1 heterocycles. The van der Waals surface area contributed by atoms with Crippen molar-refractivity contribution in [1.82, 2.24) is 10.2 Å². The lowest BCUT2D eigenvalue weighted by atomic mass is 10.0. The van der Waals surface area contributed by atoms with E-state index in [1.165, 1.54) is 4.90 Å². The highest BCUT2D eigenvalue weighted by molar-refractivity contribution is 5.80. The highest BCUT2D eigenvalue weighted by Crippen LogP contribution is 2.21. The Morgan fingerprint density at radius 2 is 1.92 bits per heavy atom. The van der Waals surface area contributed by atoms with Gasteiger partial charge in [-0.2, -0.15) is 0 Å². The summed E-state index contributed by atoms with van der Waals surface area (Å²) in [6, 6.07) is 0.233. The lowest BCUT2D eigenvalue weighted by Gasteiger charge is -2.36. The summed E-state index contributed by atoms with van der Waals surface area (Å²) in [4.78, 5) is 23.2. The number of nitrogens with one attached hydrogen (secondary N) is 1. The van der Waals surface area contributed by atoms with E-state index in [9.17, 15) is 9.59 Å². The zero-order valence-electron chi connectivity index (χ0n) is 7.19. The van der Waals surface area contributed by atoms with Gasteiger partial charge in [0.2, 0.25) is 0 Å². The van der Waals surface area contributed by atoms with E-state index in [4.69, 9.17) is 5.11 Å². The van der Waals surface area contributed by atoms with Crippen LogP contribution >= 0.6 is 0 Å². The van der Waals surface area contributed by atoms with Gasteiger partial charge >= 0.3 is 12.0 Å². The highest BCUT2D eigenvalue weighted by atomic mass is 16.4. The van der Waals surface area contributed by atoms with E-state index in [2.05, 4.69) is 5.32 Å². The molecule has 0 bridgehead atoms. The normalized spacial score (nSPS) is 22.3. The molecule has 13 heavy (non-hydrogen) atoms. The van der Waals surface area contributed by atoms with Gasteiger partial charge in [-0.05, 0) is 12.8 Å². The van der Waals surface area contributed by atoms with Gasteiger partial charge in [-0.3, -0.25) is 4.79 Å². The van der Waals surface area contributed by atoms with Crippen molar-refractivity contribution in [2.75, 3.05) is 13.1 Å². The molecule has 72 valence electrons. The van der Waals surface area contributed by atoms with E-state index in [1.54, 1.807) is 0 Å². The van der Waals surface area contributed by atoms with Crippen LogP contribution in [0.4, 0.5) is 4.79 Å². The summed E-state index contributed by atoms with van der Waals surface area (Å²) >= 11 is 0. The van der Waals surface area contributed by atoms with Gasteiger partial charge in [0.15, 0.2) is 0 Å². The Balaban J connectivity index is 1.72.